The number of rotatable bonds is 6. The molecule has 3 aromatic carbocycles. The van der Waals surface area contributed by atoms with Crippen molar-refractivity contribution in [2.45, 2.75) is 26.5 Å². The van der Waals surface area contributed by atoms with Crippen molar-refractivity contribution >= 4 is 45.7 Å². The van der Waals surface area contributed by atoms with Gasteiger partial charge in [0.2, 0.25) is 0 Å². The van der Waals surface area contributed by atoms with Crippen LogP contribution in [-0.4, -0.2) is 33.2 Å². The monoisotopic (exact) mass is 447 g/mol. The predicted octanol–water partition coefficient (Wildman–Crippen LogP) is 5.56. The second-order valence-corrected chi connectivity index (χ2v) is 8.63. The molecule has 162 valence electrons. The number of carboxylic acid groups (broad SMARTS) is 1. The number of hydrogen-bond donors (Lipinski definition) is 1. The second kappa shape index (κ2) is 8.88. The average Bonchev–Trinajstić information content (AvgIpc) is 3.06. The maximum absolute atomic E-state index is 12.8. The van der Waals surface area contributed by atoms with Gasteiger partial charge in [-0.05, 0) is 66.2 Å². The Balaban J connectivity index is 1.69. The normalized spacial score (nSPS) is 15.2. The van der Waals surface area contributed by atoms with E-state index in [1.165, 1.54) is 17.0 Å². The number of fused-ring (bicyclic) bond motifs is 1. The highest BCUT2D eigenvalue weighted by molar-refractivity contribution is 8.18. The van der Waals surface area contributed by atoms with Crippen LogP contribution in [0.25, 0.3) is 16.8 Å². The van der Waals surface area contributed by atoms with E-state index < -0.39 is 5.97 Å². The zero-order valence-corrected chi connectivity index (χ0v) is 18.4. The van der Waals surface area contributed by atoms with Gasteiger partial charge in [0, 0.05) is 11.6 Å². The van der Waals surface area contributed by atoms with Gasteiger partial charge in [0.05, 0.1) is 10.5 Å². The van der Waals surface area contributed by atoms with Gasteiger partial charge in [-0.2, -0.15) is 0 Å². The summed E-state index contributed by atoms with van der Waals surface area (Å²) in [7, 11) is 0. The maximum Gasteiger partial charge on any atom is 0.335 e. The lowest BCUT2D eigenvalue weighted by Gasteiger charge is -2.16. The van der Waals surface area contributed by atoms with E-state index in [0.717, 1.165) is 33.7 Å². The Morgan fingerprint density at radius 3 is 2.44 bits per heavy atom. The molecule has 2 amide bonds. The van der Waals surface area contributed by atoms with Crippen molar-refractivity contribution < 1.29 is 24.2 Å². The van der Waals surface area contributed by atoms with Gasteiger partial charge in [-0.25, -0.2) is 4.79 Å². The summed E-state index contributed by atoms with van der Waals surface area (Å²) in [4.78, 5) is 37.8. The van der Waals surface area contributed by atoms with Crippen molar-refractivity contribution in [2.75, 3.05) is 0 Å². The number of hydrogen-bond acceptors (Lipinski definition) is 5. The number of nitrogens with zero attached hydrogens (tertiary/aromatic N) is 1. The molecule has 0 spiro atoms. The SMILES string of the molecule is CC(C)N1C(=O)S/C(=C\c2c(OCc3ccc(C(=O)O)cc3)ccc3ccccc23)C1=O. The van der Waals surface area contributed by atoms with Crippen molar-refractivity contribution in [3.63, 3.8) is 0 Å². The van der Waals surface area contributed by atoms with E-state index in [1.54, 1.807) is 32.1 Å². The largest absolute Gasteiger partial charge is 0.488 e. The van der Waals surface area contributed by atoms with E-state index >= 15 is 0 Å². The fraction of sp³-hybridized carbons (Fsp3) is 0.160. The van der Waals surface area contributed by atoms with Gasteiger partial charge < -0.3 is 9.84 Å². The summed E-state index contributed by atoms with van der Waals surface area (Å²) in [6.07, 6.45) is 1.72. The van der Waals surface area contributed by atoms with Crippen LogP contribution in [0.3, 0.4) is 0 Å². The molecule has 0 saturated carbocycles. The third-order valence-electron chi connectivity index (χ3n) is 5.14. The number of aromatic carboxylic acids is 1. The Morgan fingerprint density at radius 2 is 1.78 bits per heavy atom. The highest BCUT2D eigenvalue weighted by Gasteiger charge is 2.36. The van der Waals surface area contributed by atoms with Crippen molar-refractivity contribution in [1.29, 1.82) is 0 Å². The molecule has 1 saturated heterocycles. The van der Waals surface area contributed by atoms with Gasteiger partial charge in [-0.3, -0.25) is 14.5 Å². The number of ether oxygens (including phenoxy) is 1. The standard InChI is InChI=1S/C25H21NO5S/c1-15(2)26-23(27)22(32-25(26)30)13-20-19-6-4-3-5-17(19)11-12-21(20)31-14-16-7-9-18(10-8-16)24(28)29/h3-13,15H,14H2,1-2H3,(H,28,29)/b22-13-. The summed E-state index contributed by atoms with van der Waals surface area (Å²) in [5, 5.41) is 10.7. The molecule has 0 aliphatic carbocycles. The molecule has 1 aliphatic heterocycles. The molecule has 0 aromatic heterocycles. The number of carbonyl (C=O) groups excluding carboxylic acids is 2. The van der Waals surface area contributed by atoms with Crippen molar-refractivity contribution in [3.8, 4) is 5.75 Å². The van der Waals surface area contributed by atoms with Crippen LogP contribution < -0.4 is 4.74 Å². The lowest BCUT2D eigenvalue weighted by Crippen LogP contribution is -2.34. The van der Waals surface area contributed by atoms with Crippen molar-refractivity contribution in [1.82, 2.24) is 4.90 Å². The first-order valence-corrected chi connectivity index (χ1v) is 10.9. The lowest BCUT2D eigenvalue weighted by atomic mass is 10.0. The zero-order chi connectivity index (χ0) is 22.8. The Kier molecular flexibility index (Phi) is 6.01. The highest BCUT2D eigenvalue weighted by atomic mass is 32.2. The topological polar surface area (TPSA) is 83.9 Å². The number of carboxylic acids is 1. The van der Waals surface area contributed by atoms with Crippen LogP contribution in [0, 0.1) is 0 Å². The first kappa shape index (κ1) is 21.6. The molecule has 0 bridgehead atoms. The molecule has 0 unspecified atom stereocenters. The molecular weight excluding hydrogens is 426 g/mol. The minimum atomic E-state index is -0.982. The molecule has 1 heterocycles. The van der Waals surface area contributed by atoms with Crippen LogP contribution in [0.15, 0.2) is 65.6 Å². The molecule has 7 heteroatoms. The maximum atomic E-state index is 12.8. The summed E-state index contributed by atoms with van der Waals surface area (Å²) in [6, 6.07) is 17.8. The van der Waals surface area contributed by atoms with Gasteiger partial charge in [0.1, 0.15) is 12.4 Å². The summed E-state index contributed by atoms with van der Waals surface area (Å²) in [6.45, 7) is 3.84. The number of imide groups is 1. The van der Waals surface area contributed by atoms with E-state index in [-0.39, 0.29) is 29.4 Å². The molecule has 32 heavy (non-hydrogen) atoms. The van der Waals surface area contributed by atoms with Gasteiger partial charge >= 0.3 is 5.97 Å². The molecular formula is C25H21NO5S. The van der Waals surface area contributed by atoms with Crippen molar-refractivity contribution in [3.05, 3.63) is 82.3 Å². The minimum absolute atomic E-state index is 0.209. The van der Waals surface area contributed by atoms with E-state index in [2.05, 4.69) is 0 Å². The summed E-state index contributed by atoms with van der Waals surface area (Å²) in [5.74, 6) is -0.717. The molecule has 1 fully saturated rings. The Morgan fingerprint density at radius 1 is 1.06 bits per heavy atom. The van der Waals surface area contributed by atoms with Crippen LogP contribution in [0.1, 0.15) is 35.3 Å². The Labute approximate surface area is 189 Å². The Hall–Kier alpha value is -3.58. The van der Waals surface area contributed by atoms with Crippen LogP contribution in [0.5, 0.6) is 5.75 Å². The number of carbonyl (C=O) groups is 3. The van der Waals surface area contributed by atoms with Crippen LogP contribution in [0.4, 0.5) is 4.79 Å². The molecule has 4 rings (SSSR count). The summed E-state index contributed by atoms with van der Waals surface area (Å²) < 4.78 is 6.07. The number of thioether (sulfide) groups is 1. The first-order valence-electron chi connectivity index (χ1n) is 10.1. The average molecular weight is 448 g/mol. The fourth-order valence-corrected chi connectivity index (χ4v) is 4.45. The summed E-state index contributed by atoms with van der Waals surface area (Å²) in [5.41, 5.74) is 1.75. The first-order chi connectivity index (χ1) is 15.3. The number of amides is 2. The predicted molar refractivity (Wildman–Crippen MR) is 125 cm³/mol. The van der Waals surface area contributed by atoms with Gasteiger partial charge in [-0.15, -0.1) is 0 Å². The molecule has 6 nitrogen and oxygen atoms in total. The van der Waals surface area contributed by atoms with Crippen LogP contribution in [0.2, 0.25) is 0 Å². The fourth-order valence-electron chi connectivity index (χ4n) is 3.51. The van der Waals surface area contributed by atoms with E-state index in [4.69, 9.17) is 9.84 Å². The van der Waals surface area contributed by atoms with Crippen LogP contribution in [-0.2, 0) is 11.4 Å². The van der Waals surface area contributed by atoms with Gasteiger partial charge in [-0.1, -0.05) is 42.5 Å². The molecule has 1 aliphatic rings. The summed E-state index contributed by atoms with van der Waals surface area (Å²) >= 11 is 0.928. The lowest BCUT2D eigenvalue weighted by molar-refractivity contribution is -0.123. The van der Waals surface area contributed by atoms with Gasteiger partial charge in [0.15, 0.2) is 0 Å². The smallest absolute Gasteiger partial charge is 0.335 e. The van der Waals surface area contributed by atoms with E-state index in [1.807, 2.05) is 36.4 Å². The van der Waals surface area contributed by atoms with Crippen LogP contribution >= 0.6 is 11.8 Å². The molecule has 3 aromatic rings. The second-order valence-electron chi connectivity index (χ2n) is 7.63. The van der Waals surface area contributed by atoms with E-state index in [9.17, 15) is 14.4 Å². The molecule has 1 N–H and O–H groups in total. The molecule has 0 radical (unpaired) electrons. The third-order valence-corrected chi connectivity index (χ3v) is 6.02. The minimum Gasteiger partial charge on any atom is -0.488 e. The van der Waals surface area contributed by atoms with Crippen molar-refractivity contribution in [2.24, 2.45) is 0 Å². The van der Waals surface area contributed by atoms with Gasteiger partial charge in [0.25, 0.3) is 11.1 Å². The highest BCUT2D eigenvalue weighted by Crippen LogP contribution is 2.37. The third kappa shape index (κ3) is 4.24. The number of benzene rings is 3. The Bertz CT molecular complexity index is 1250. The molecule has 0 atom stereocenters. The van der Waals surface area contributed by atoms with E-state index in [0.29, 0.717) is 10.7 Å². The quantitative estimate of drug-likeness (QED) is 0.498. The zero-order valence-electron chi connectivity index (χ0n) is 17.6.